The molecule has 3 heterocycles. The minimum Gasteiger partial charge on any atom is -0.480 e. The van der Waals surface area contributed by atoms with Crippen LogP contribution in [-0.2, 0) is 4.79 Å². The lowest BCUT2D eigenvalue weighted by molar-refractivity contribution is -0.159. The van der Waals surface area contributed by atoms with E-state index < -0.39 is 93.8 Å². The van der Waals surface area contributed by atoms with Gasteiger partial charge in [0.15, 0.2) is 5.69 Å². The summed E-state index contributed by atoms with van der Waals surface area (Å²) >= 11 is 0. The van der Waals surface area contributed by atoms with Crippen LogP contribution in [-0.4, -0.2) is 82.6 Å². The largest absolute Gasteiger partial charge is 0.480 e. The van der Waals surface area contributed by atoms with Crippen LogP contribution in [0.5, 0.6) is 5.88 Å². The summed E-state index contributed by atoms with van der Waals surface area (Å²) in [7, 11) is -3.01. The second kappa shape index (κ2) is 10.8. The minimum absolute atomic E-state index is 0.145. The maximum atomic E-state index is 14.9. The van der Waals surface area contributed by atoms with E-state index in [-0.39, 0.29) is 23.4 Å². The Bertz CT molecular complexity index is 1740. The van der Waals surface area contributed by atoms with Crippen LogP contribution in [0.2, 0.25) is 0 Å². The van der Waals surface area contributed by atoms with Gasteiger partial charge in [0.05, 0.1) is 29.3 Å². The summed E-state index contributed by atoms with van der Waals surface area (Å²) < 4.78 is 106. The molecule has 2 aromatic heterocycles. The van der Waals surface area contributed by atoms with Crippen molar-refractivity contribution in [3.05, 3.63) is 41.7 Å². The molecule has 3 amide bonds. The number of likely N-dealkylation sites (tertiary alicyclic amines) is 1. The number of methoxy groups -OCH3 is 1. The van der Waals surface area contributed by atoms with Gasteiger partial charge >= 0.3 is 0 Å². The molecule has 1 aliphatic carbocycles. The van der Waals surface area contributed by atoms with E-state index in [0.29, 0.717) is 16.5 Å². The average molecular weight is 567 g/mol. The molecule has 13 heteroatoms. The van der Waals surface area contributed by atoms with Gasteiger partial charge in [-0.15, -0.1) is 0 Å². The number of rotatable bonds is 8. The number of hydrogen-bond acceptors (Lipinski definition) is 6. The Hall–Kier alpha value is -4.16. The lowest BCUT2D eigenvalue weighted by Crippen LogP contribution is -2.47. The van der Waals surface area contributed by atoms with Gasteiger partial charge in [0.1, 0.15) is 11.7 Å². The van der Waals surface area contributed by atoms with Gasteiger partial charge in [-0.25, -0.2) is 18.2 Å². The molecule has 0 spiro atoms. The van der Waals surface area contributed by atoms with Gasteiger partial charge in [-0.3, -0.25) is 19.5 Å². The van der Waals surface area contributed by atoms with Crippen molar-refractivity contribution in [2.45, 2.75) is 44.2 Å². The molecular formula is C27H29F3N6O4. The Morgan fingerprint density at radius 2 is 2.05 bits per heavy atom. The number of carbonyl (C=O) groups is 3. The number of benzene rings is 1. The summed E-state index contributed by atoms with van der Waals surface area (Å²) in [4.78, 5) is 43.7. The molecule has 1 aliphatic heterocycles. The van der Waals surface area contributed by atoms with E-state index >= 15 is 0 Å². The second-order valence-corrected chi connectivity index (χ2v) is 9.67. The molecule has 2 aliphatic rings. The first-order valence-corrected chi connectivity index (χ1v) is 12.2. The van der Waals surface area contributed by atoms with E-state index in [1.165, 1.54) is 30.5 Å². The van der Waals surface area contributed by atoms with Gasteiger partial charge in [-0.05, 0) is 30.1 Å². The smallest absolute Gasteiger partial charge is 0.272 e. The molecule has 0 radical (unpaired) electrons. The van der Waals surface area contributed by atoms with Gasteiger partial charge < -0.3 is 20.3 Å². The molecule has 2 fully saturated rings. The topological polar surface area (TPSA) is 129 Å². The van der Waals surface area contributed by atoms with Crippen LogP contribution in [0, 0.1) is 5.92 Å². The Morgan fingerprint density at radius 3 is 2.80 bits per heavy atom. The third-order valence-electron chi connectivity index (χ3n) is 6.96. The average Bonchev–Trinajstić information content (AvgIpc) is 3.55. The Kier molecular flexibility index (Phi) is 5.12. The Labute approximate surface area is 238 Å². The highest BCUT2D eigenvalue weighted by atomic mass is 19.3. The van der Waals surface area contributed by atoms with Crippen LogP contribution in [0.1, 0.15) is 57.9 Å². The highest BCUT2D eigenvalue weighted by Crippen LogP contribution is 2.43. The summed E-state index contributed by atoms with van der Waals surface area (Å²) in [6, 6.07) is 4.52. The summed E-state index contributed by atoms with van der Waals surface area (Å²) in [6.07, 6.45) is -4.47. The molecule has 3 aromatic rings. The number of fused-ring (bicyclic) bond motifs is 1. The van der Waals surface area contributed by atoms with Crippen molar-refractivity contribution in [2.24, 2.45) is 5.92 Å². The lowest BCUT2D eigenvalue weighted by atomic mass is 9.80. The minimum atomic E-state index is -3.01. The predicted molar refractivity (Wildman–Crippen MR) is 139 cm³/mol. The summed E-state index contributed by atoms with van der Waals surface area (Å²) in [5, 5.41) is 11.5. The van der Waals surface area contributed by atoms with Crippen LogP contribution in [0.4, 0.5) is 13.2 Å². The zero-order valence-electron chi connectivity index (χ0n) is 28.8. The SMILES string of the molecule is [2H]C([2H])([2H])Oc1ncc(-c2ccc3c(C(=O)NCC([2H])([2H])C([2H])([2H])[2H])n[nH]c3c2)cc1C(=O)N[C@@H]1CN(C(=O)C2CC(F)(F)C2)C[C@@H]1F. The van der Waals surface area contributed by atoms with E-state index in [2.05, 4.69) is 25.8 Å². The van der Waals surface area contributed by atoms with Crippen molar-refractivity contribution in [2.75, 3.05) is 26.7 Å². The van der Waals surface area contributed by atoms with E-state index in [0.717, 1.165) is 4.90 Å². The van der Waals surface area contributed by atoms with E-state index in [4.69, 9.17) is 15.7 Å². The highest BCUT2D eigenvalue weighted by molar-refractivity contribution is 6.05. The van der Waals surface area contributed by atoms with Crippen molar-refractivity contribution in [1.82, 2.24) is 30.7 Å². The number of amides is 3. The number of nitrogens with one attached hydrogen (secondary N) is 3. The van der Waals surface area contributed by atoms with Crippen molar-refractivity contribution in [1.29, 1.82) is 0 Å². The zero-order valence-corrected chi connectivity index (χ0v) is 20.8. The van der Waals surface area contributed by atoms with E-state index in [9.17, 15) is 27.6 Å². The van der Waals surface area contributed by atoms with Crippen molar-refractivity contribution in [3.8, 4) is 17.0 Å². The molecule has 1 saturated heterocycles. The number of H-pyrrole nitrogens is 1. The van der Waals surface area contributed by atoms with Crippen LogP contribution in [0.25, 0.3) is 22.0 Å². The number of aromatic amines is 1. The molecule has 10 nitrogen and oxygen atoms in total. The molecule has 40 heavy (non-hydrogen) atoms. The fraction of sp³-hybridized carbons (Fsp3) is 0.444. The van der Waals surface area contributed by atoms with Crippen LogP contribution >= 0.6 is 0 Å². The standard InChI is InChI=1S/C27H29F3N6O4/c1-3-6-31-24(38)22-17-5-4-14(8-20(17)34-35-22)15-7-18(25(40-2)32-11-15)23(37)33-21-13-36(12-19(21)28)26(39)16-9-27(29,30)10-16/h4-5,7-8,11,16,19,21H,3,6,9-10,12-13H2,1-2H3,(H,31,38)(H,33,37)(H,34,35)/t19-,21+/m0/s1/i1D3,2D3,3D2. The Morgan fingerprint density at radius 1 is 1.23 bits per heavy atom. The zero-order chi connectivity index (χ0) is 35.4. The number of hydrogen-bond donors (Lipinski definition) is 3. The molecule has 0 unspecified atom stereocenters. The molecule has 0 bridgehead atoms. The maximum absolute atomic E-state index is 14.9. The number of alkyl halides is 3. The number of halogens is 3. The number of nitrogens with zero attached hydrogens (tertiary/aromatic N) is 3. The van der Waals surface area contributed by atoms with E-state index in [1.807, 2.05) is 0 Å². The fourth-order valence-electron chi connectivity index (χ4n) is 4.85. The number of ether oxygens (including phenoxy) is 1. The summed E-state index contributed by atoms with van der Waals surface area (Å²) in [6.45, 7) is -4.48. The summed E-state index contributed by atoms with van der Waals surface area (Å²) in [5.74, 6) is -6.92. The monoisotopic (exact) mass is 566 g/mol. The molecular weight excluding hydrogens is 529 g/mol. The fourth-order valence-corrected chi connectivity index (χ4v) is 4.85. The number of carbonyl (C=O) groups excluding carboxylic acids is 3. The normalized spacial score (nSPS) is 24.2. The van der Waals surface area contributed by atoms with Gasteiger partial charge in [-0.2, -0.15) is 5.10 Å². The van der Waals surface area contributed by atoms with Crippen molar-refractivity contribution in [3.63, 3.8) is 0 Å². The quantitative estimate of drug-likeness (QED) is 0.384. The molecule has 1 saturated carbocycles. The van der Waals surface area contributed by atoms with Gasteiger partial charge in [0, 0.05) is 55.8 Å². The molecule has 5 rings (SSSR count). The molecule has 212 valence electrons. The van der Waals surface area contributed by atoms with Crippen LogP contribution < -0.4 is 15.4 Å². The number of pyridine rings is 1. The predicted octanol–water partition coefficient (Wildman–Crippen LogP) is 3.10. The molecule has 3 N–H and O–H groups in total. The maximum Gasteiger partial charge on any atom is 0.272 e. The van der Waals surface area contributed by atoms with Gasteiger partial charge in [0.25, 0.3) is 11.8 Å². The molecule has 2 atom stereocenters. The van der Waals surface area contributed by atoms with Crippen molar-refractivity contribution >= 4 is 28.6 Å². The highest BCUT2D eigenvalue weighted by Gasteiger charge is 2.51. The first kappa shape index (κ1) is 19.0. The third-order valence-corrected chi connectivity index (χ3v) is 6.96. The first-order valence-electron chi connectivity index (χ1n) is 16.2. The molecule has 1 aromatic carbocycles. The van der Waals surface area contributed by atoms with Gasteiger partial charge in [-0.1, -0.05) is 12.9 Å². The third kappa shape index (κ3) is 5.32. The van der Waals surface area contributed by atoms with E-state index in [1.54, 1.807) is 0 Å². The van der Waals surface area contributed by atoms with Crippen LogP contribution in [0.3, 0.4) is 0 Å². The number of aromatic nitrogens is 3. The first-order chi connectivity index (χ1) is 22.1. The summed E-state index contributed by atoms with van der Waals surface area (Å²) in [5.41, 5.74) is 0.445. The second-order valence-electron chi connectivity index (χ2n) is 9.67. The van der Waals surface area contributed by atoms with Crippen LogP contribution in [0.15, 0.2) is 30.5 Å². The lowest BCUT2D eigenvalue weighted by Gasteiger charge is -2.36. The van der Waals surface area contributed by atoms with Crippen molar-refractivity contribution < 1.29 is 43.3 Å². The van der Waals surface area contributed by atoms with Gasteiger partial charge in [0.2, 0.25) is 17.7 Å². The Balaban J connectivity index is 1.35.